The Bertz CT molecular complexity index is 1240. The summed E-state index contributed by atoms with van der Waals surface area (Å²) in [6.45, 7) is 0. The minimum atomic E-state index is -1.01. The molecule has 0 unspecified atom stereocenters. The molecule has 0 radical (unpaired) electrons. The number of hydrogen-bond acceptors (Lipinski definition) is 4. The summed E-state index contributed by atoms with van der Waals surface area (Å²) in [5, 5.41) is 9.01. The van der Waals surface area contributed by atoms with Crippen molar-refractivity contribution >= 4 is 23.1 Å². The highest BCUT2D eigenvalue weighted by atomic mass is 32.1. The van der Waals surface area contributed by atoms with Crippen molar-refractivity contribution in [3.05, 3.63) is 112 Å². The number of hydrogen-bond donors (Lipinski definition) is 1. The van der Waals surface area contributed by atoms with Crippen LogP contribution in [0, 0.1) is 0 Å². The highest BCUT2D eigenvalue weighted by molar-refractivity contribution is 7.15. The van der Waals surface area contributed by atoms with Gasteiger partial charge in [0, 0.05) is 33.7 Å². The number of carbonyl (C=O) groups excluding carboxylic acids is 1. The number of Topliss-reactive ketones (excluding diaryl/α,β-unsaturated/α-hetero) is 1. The molecule has 1 N–H and O–H groups in total. The second-order valence-corrected chi connectivity index (χ2v) is 8.61. The minimum Gasteiger partial charge on any atom is -0.496 e. The Morgan fingerprint density at radius 3 is 2.28 bits per heavy atom. The number of methoxy groups -OCH3 is 1. The van der Waals surface area contributed by atoms with Gasteiger partial charge in [0.1, 0.15) is 5.75 Å². The Kier molecular flexibility index (Phi) is 6.47. The maximum atomic E-state index is 12.7. The molecule has 0 fully saturated rings. The molecule has 0 aliphatic carbocycles. The molecule has 4 aromatic rings. The van der Waals surface area contributed by atoms with E-state index in [1.807, 2.05) is 24.3 Å². The highest BCUT2D eigenvalue weighted by Gasteiger charge is 2.14. The molecule has 0 saturated heterocycles. The minimum absolute atomic E-state index is 0.0886. The lowest BCUT2D eigenvalue weighted by Crippen LogP contribution is -2.06. The van der Waals surface area contributed by atoms with E-state index in [1.54, 1.807) is 30.6 Å². The Hall–Kier alpha value is -3.70. The number of aromatic carboxylic acids is 1. The first-order valence-corrected chi connectivity index (χ1v) is 11.0. The van der Waals surface area contributed by atoms with Crippen molar-refractivity contribution in [1.29, 1.82) is 0 Å². The fourth-order valence-electron chi connectivity index (χ4n) is 3.54. The lowest BCUT2D eigenvalue weighted by molar-refractivity contribution is 0.0696. The van der Waals surface area contributed by atoms with Crippen LogP contribution in [-0.4, -0.2) is 24.0 Å². The first-order chi connectivity index (χ1) is 15.5. The van der Waals surface area contributed by atoms with Gasteiger partial charge in [0.25, 0.3) is 0 Å². The Morgan fingerprint density at radius 2 is 1.59 bits per heavy atom. The predicted molar refractivity (Wildman–Crippen MR) is 127 cm³/mol. The number of ether oxygens (including phenoxy) is 1. The summed E-state index contributed by atoms with van der Waals surface area (Å²) in [5.74, 6) is -0.438. The molecule has 5 heteroatoms. The first kappa shape index (κ1) is 21.5. The number of ketones is 1. The zero-order chi connectivity index (χ0) is 22.5. The standard InChI is InChI=1S/C27H22O4S/c1-31-25-17-22(26-14-13-23(32-26)15-18-5-3-2-4-6-18)12-11-21(25)16-24(28)19-7-9-20(10-8-19)27(29)30/h2-14,17H,15-16H2,1H3,(H,29,30). The SMILES string of the molecule is COc1cc(-c2ccc(Cc3ccccc3)s2)ccc1CC(=O)c1ccc(C(=O)O)cc1. The van der Waals surface area contributed by atoms with Crippen molar-refractivity contribution in [2.45, 2.75) is 12.8 Å². The van der Waals surface area contributed by atoms with E-state index < -0.39 is 5.97 Å². The first-order valence-electron chi connectivity index (χ1n) is 10.2. The molecule has 160 valence electrons. The summed E-state index contributed by atoms with van der Waals surface area (Å²) in [6.07, 6.45) is 1.08. The topological polar surface area (TPSA) is 63.6 Å². The third-order valence-electron chi connectivity index (χ3n) is 5.26. The van der Waals surface area contributed by atoms with Crippen molar-refractivity contribution < 1.29 is 19.4 Å². The molecule has 0 amide bonds. The van der Waals surface area contributed by atoms with Crippen molar-refractivity contribution in [3.8, 4) is 16.2 Å². The molecule has 4 nitrogen and oxygen atoms in total. The second kappa shape index (κ2) is 9.62. The van der Waals surface area contributed by atoms with Crippen molar-refractivity contribution in [3.63, 3.8) is 0 Å². The van der Waals surface area contributed by atoms with E-state index in [0.717, 1.165) is 22.4 Å². The van der Waals surface area contributed by atoms with Crippen molar-refractivity contribution in [1.82, 2.24) is 0 Å². The Morgan fingerprint density at radius 1 is 0.875 bits per heavy atom. The number of rotatable bonds is 8. The van der Waals surface area contributed by atoms with E-state index in [0.29, 0.717) is 11.3 Å². The molecule has 3 aromatic carbocycles. The molecular formula is C27H22O4S. The molecular weight excluding hydrogens is 420 g/mol. The van der Waals surface area contributed by atoms with Crippen molar-refractivity contribution in [2.75, 3.05) is 7.11 Å². The fourth-order valence-corrected chi connectivity index (χ4v) is 4.58. The number of carbonyl (C=O) groups is 2. The van der Waals surface area contributed by atoms with E-state index in [2.05, 4.69) is 36.4 Å². The number of thiophene rings is 1. The molecule has 0 spiro atoms. The maximum Gasteiger partial charge on any atom is 0.335 e. The van der Waals surface area contributed by atoms with Crippen LogP contribution in [-0.2, 0) is 12.8 Å². The zero-order valence-corrected chi connectivity index (χ0v) is 18.4. The third-order valence-corrected chi connectivity index (χ3v) is 6.39. The van der Waals surface area contributed by atoms with Crippen LogP contribution in [0.2, 0.25) is 0 Å². The molecule has 0 aliphatic heterocycles. The van der Waals surface area contributed by atoms with Crippen LogP contribution in [0.3, 0.4) is 0 Å². The van der Waals surface area contributed by atoms with Gasteiger partial charge in [-0.1, -0.05) is 54.6 Å². The average Bonchev–Trinajstić information content (AvgIpc) is 3.28. The van der Waals surface area contributed by atoms with E-state index in [-0.39, 0.29) is 17.8 Å². The van der Waals surface area contributed by atoms with E-state index >= 15 is 0 Å². The van der Waals surface area contributed by atoms with Gasteiger partial charge < -0.3 is 9.84 Å². The van der Waals surface area contributed by atoms with Crippen molar-refractivity contribution in [2.24, 2.45) is 0 Å². The van der Waals surface area contributed by atoms with Crippen LogP contribution in [0.1, 0.15) is 36.7 Å². The molecule has 32 heavy (non-hydrogen) atoms. The molecule has 0 saturated carbocycles. The highest BCUT2D eigenvalue weighted by Crippen LogP contribution is 2.33. The molecule has 1 aromatic heterocycles. The van der Waals surface area contributed by atoms with E-state index in [4.69, 9.17) is 9.84 Å². The van der Waals surface area contributed by atoms with Gasteiger partial charge in [0.2, 0.25) is 0 Å². The van der Waals surface area contributed by atoms with Gasteiger partial charge in [-0.3, -0.25) is 4.79 Å². The van der Waals surface area contributed by atoms with Gasteiger partial charge in [-0.15, -0.1) is 11.3 Å². The van der Waals surface area contributed by atoms with Crippen LogP contribution >= 0.6 is 11.3 Å². The molecule has 0 aliphatic rings. The monoisotopic (exact) mass is 442 g/mol. The van der Waals surface area contributed by atoms with E-state index in [9.17, 15) is 9.59 Å². The summed E-state index contributed by atoms with van der Waals surface area (Å²) in [5.41, 5.74) is 3.76. The molecule has 1 heterocycles. The van der Waals surface area contributed by atoms with Crippen LogP contribution in [0.15, 0.2) is 84.9 Å². The van der Waals surface area contributed by atoms with Gasteiger partial charge in [0.05, 0.1) is 12.7 Å². The van der Waals surface area contributed by atoms with Crippen LogP contribution in [0.5, 0.6) is 5.75 Å². The summed E-state index contributed by atoms with van der Waals surface area (Å²) in [7, 11) is 1.60. The summed E-state index contributed by atoms with van der Waals surface area (Å²) >= 11 is 1.75. The van der Waals surface area contributed by atoms with Crippen LogP contribution in [0.4, 0.5) is 0 Å². The van der Waals surface area contributed by atoms with Gasteiger partial charge >= 0.3 is 5.97 Å². The van der Waals surface area contributed by atoms with Gasteiger partial charge in [-0.05, 0) is 41.5 Å². The lowest BCUT2D eigenvalue weighted by atomic mass is 9.99. The predicted octanol–water partition coefficient (Wildman–Crippen LogP) is 6.14. The molecule has 0 atom stereocenters. The fraction of sp³-hybridized carbons (Fsp3) is 0.111. The summed E-state index contributed by atoms with van der Waals surface area (Å²) < 4.78 is 5.57. The Labute approximate surface area is 190 Å². The maximum absolute atomic E-state index is 12.7. The van der Waals surface area contributed by atoms with Crippen LogP contribution in [0.25, 0.3) is 10.4 Å². The number of benzene rings is 3. The van der Waals surface area contributed by atoms with Crippen LogP contribution < -0.4 is 4.74 Å². The summed E-state index contributed by atoms with van der Waals surface area (Å²) in [6, 6.07) is 26.5. The zero-order valence-electron chi connectivity index (χ0n) is 17.6. The van der Waals surface area contributed by atoms with Gasteiger partial charge in [-0.25, -0.2) is 4.79 Å². The molecule has 4 rings (SSSR count). The lowest BCUT2D eigenvalue weighted by Gasteiger charge is -2.10. The largest absolute Gasteiger partial charge is 0.496 e. The van der Waals surface area contributed by atoms with Gasteiger partial charge in [0.15, 0.2) is 5.78 Å². The second-order valence-electron chi connectivity index (χ2n) is 7.44. The smallest absolute Gasteiger partial charge is 0.335 e. The Balaban J connectivity index is 1.50. The van der Waals surface area contributed by atoms with Gasteiger partial charge in [-0.2, -0.15) is 0 Å². The molecule has 0 bridgehead atoms. The number of carboxylic acid groups (broad SMARTS) is 1. The third kappa shape index (κ3) is 4.95. The quantitative estimate of drug-likeness (QED) is 0.333. The average molecular weight is 443 g/mol. The van der Waals surface area contributed by atoms with E-state index in [1.165, 1.54) is 22.6 Å². The normalized spacial score (nSPS) is 10.7. The summed E-state index contributed by atoms with van der Waals surface area (Å²) in [4.78, 5) is 26.1. The number of carboxylic acids is 1.